The van der Waals surface area contributed by atoms with Crippen LogP contribution in [0.2, 0.25) is 0 Å². The molecule has 2 fully saturated rings. The predicted octanol–water partition coefficient (Wildman–Crippen LogP) is 10.3. The maximum Gasteiger partial charge on any atom is 0.459 e. The first-order valence-electron chi connectivity index (χ1n) is 17.6. The minimum Gasteiger partial charge on any atom is -0.508 e. The summed E-state index contributed by atoms with van der Waals surface area (Å²) in [6.07, 6.45) is 0.515. The Morgan fingerprint density at radius 1 is 0.936 bits per heavy atom. The number of hydrogen-bond acceptors (Lipinski definition) is 3. The van der Waals surface area contributed by atoms with Crippen LogP contribution in [0.25, 0.3) is 0 Å². The Balaban J connectivity index is 1.16. The maximum absolute atomic E-state index is 16.1. The fraction of sp³-hybridized carbons (Fsp3) is 0.833. The average molecular weight is 684 g/mol. The lowest BCUT2D eigenvalue weighted by atomic mass is 9.50. The van der Waals surface area contributed by atoms with E-state index in [2.05, 4.69) is 19.2 Å². The quantitative estimate of drug-likeness (QED) is 0.120. The third kappa shape index (κ3) is 8.07. The van der Waals surface area contributed by atoms with E-state index in [4.69, 9.17) is 0 Å². The molecule has 0 bridgehead atoms. The molecular formula is C36H53F8NO2. The molecule has 1 aromatic rings. The van der Waals surface area contributed by atoms with E-state index in [0.717, 1.165) is 69.0 Å². The van der Waals surface area contributed by atoms with Gasteiger partial charge >= 0.3 is 18.0 Å². The van der Waals surface area contributed by atoms with Gasteiger partial charge in [0.05, 0.1) is 5.60 Å². The summed E-state index contributed by atoms with van der Waals surface area (Å²) in [5, 5.41) is 25.0. The van der Waals surface area contributed by atoms with Gasteiger partial charge in [0.15, 0.2) is 0 Å². The molecule has 0 aromatic heterocycles. The molecule has 0 radical (unpaired) electrons. The molecule has 47 heavy (non-hydrogen) atoms. The lowest BCUT2D eigenvalue weighted by Crippen LogP contribution is -2.54. The first-order chi connectivity index (χ1) is 21.8. The molecule has 3 N–H and O–H groups in total. The summed E-state index contributed by atoms with van der Waals surface area (Å²) >= 11 is 0. The molecule has 1 aromatic carbocycles. The zero-order chi connectivity index (χ0) is 34.8. The van der Waals surface area contributed by atoms with Crippen LogP contribution >= 0.6 is 0 Å². The van der Waals surface area contributed by atoms with Crippen LogP contribution in [-0.4, -0.2) is 52.6 Å². The van der Waals surface area contributed by atoms with Gasteiger partial charge in [-0.05, 0) is 113 Å². The first-order valence-corrected chi connectivity index (χ1v) is 17.6. The second-order valence-electron chi connectivity index (χ2n) is 15.3. The van der Waals surface area contributed by atoms with E-state index >= 15 is 4.39 Å². The van der Waals surface area contributed by atoms with Gasteiger partial charge in [-0.3, -0.25) is 0 Å². The van der Waals surface area contributed by atoms with Crippen molar-refractivity contribution in [2.75, 3.05) is 6.54 Å². The van der Waals surface area contributed by atoms with Crippen molar-refractivity contribution < 1.29 is 45.3 Å². The van der Waals surface area contributed by atoms with E-state index in [1.165, 1.54) is 0 Å². The lowest BCUT2D eigenvalue weighted by Gasteiger charge is -2.56. The number of aliphatic hydroxyl groups is 1. The summed E-state index contributed by atoms with van der Waals surface area (Å²) in [7, 11) is 0. The molecule has 4 rings (SSSR count). The first kappa shape index (κ1) is 38.2. The Kier molecular flexibility index (Phi) is 11.9. The molecular weight excluding hydrogens is 630 g/mol. The lowest BCUT2D eigenvalue weighted by molar-refractivity contribution is -0.355. The van der Waals surface area contributed by atoms with Gasteiger partial charge < -0.3 is 15.5 Å². The fourth-order valence-electron chi connectivity index (χ4n) is 9.13. The summed E-state index contributed by atoms with van der Waals surface area (Å²) in [5.41, 5.74) is 0.732. The summed E-state index contributed by atoms with van der Waals surface area (Å²) in [4.78, 5) is 0. The smallest absolute Gasteiger partial charge is 0.459 e. The molecule has 3 nitrogen and oxygen atoms in total. The van der Waals surface area contributed by atoms with Gasteiger partial charge in [-0.25, -0.2) is 4.39 Å². The molecule has 270 valence electrons. The second kappa shape index (κ2) is 14.7. The molecule has 8 atom stereocenters. The Hall–Kier alpha value is -1.62. The minimum atomic E-state index is -6.27. The highest BCUT2D eigenvalue weighted by atomic mass is 19.4. The van der Waals surface area contributed by atoms with Crippen LogP contribution < -0.4 is 5.32 Å². The number of nitrogens with one attached hydrogen (secondary N) is 1. The van der Waals surface area contributed by atoms with Gasteiger partial charge in [0.25, 0.3) is 0 Å². The van der Waals surface area contributed by atoms with Crippen molar-refractivity contribution in [3.8, 4) is 5.75 Å². The molecule has 0 spiro atoms. The zero-order valence-corrected chi connectivity index (χ0v) is 27.9. The summed E-state index contributed by atoms with van der Waals surface area (Å²) in [6, 6.07) is 5.59. The molecule has 0 heterocycles. The van der Waals surface area contributed by atoms with Crippen LogP contribution in [-0.2, 0) is 6.42 Å². The molecule has 0 saturated heterocycles. The number of hydrogen-bond donors (Lipinski definition) is 3. The van der Waals surface area contributed by atoms with Crippen molar-refractivity contribution in [1.29, 1.82) is 0 Å². The van der Waals surface area contributed by atoms with Gasteiger partial charge in [0.2, 0.25) is 0 Å². The van der Waals surface area contributed by atoms with Crippen molar-refractivity contribution in [3.63, 3.8) is 0 Å². The monoisotopic (exact) mass is 683 g/mol. The van der Waals surface area contributed by atoms with Crippen LogP contribution in [0.4, 0.5) is 35.1 Å². The van der Waals surface area contributed by atoms with Crippen molar-refractivity contribution >= 4 is 0 Å². The number of halogens is 8. The largest absolute Gasteiger partial charge is 0.508 e. The van der Waals surface area contributed by atoms with Crippen LogP contribution in [0, 0.1) is 23.2 Å². The summed E-state index contributed by atoms with van der Waals surface area (Å²) < 4.78 is 106. The van der Waals surface area contributed by atoms with Gasteiger partial charge in [-0.1, -0.05) is 51.5 Å². The molecule has 3 aliphatic carbocycles. The third-order valence-electron chi connectivity index (χ3n) is 12.1. The number of phenols is 1. The number of rotatable bonds is 16. The minimum absolute atomic E-state index is 0.158. The van der Waals surface area contributed by atoms with E-state index in [9.17, 15) is 40.9 Å². The Morgan fingerprint density at radius 2 is 1.60 bits per heavy atom. The topological polar surface area (TPSA) is 52.5 Å². The molecule has 3 aliphatic rings. The van der Waals surface area contributed by atoms with Gasteiger partial charge in [0.1, 0.15) is 11.9 Å². The molecule has 0 amide bonds. The summed E-state index contributed by atoms with van der Waals surface area (Å²) in [6.45, 7) is 6.84. The van der Waals surface area contributed by atoms with Crippen molar-refractivity contribution in [2.24, 2.45) is 23.2 Å². The number of alkyl halides is 8. The second-order valence-corrected chi connectivity index (χ2v) is 15.3. The highest BCUT2D eigenvalue weighted by Gasteiger charge is 2.72. The Bertz CT molecular complexity index is 1170. The Labute approximate surface area is 274 Å². The predicted molar refractivity (Wildman–Crippen MR) is 167 cm³/mol. The van der Waals surface area contributed by atoms with Gasteiger partial charge in [-0.2, -0.15) is 30.7 Å². The standard InChI is InChI=1S/C36H53F8NO2/c1-23(12-8-5-4-6-10-17-34(38,39)35(40,41)36(42,43)44)45-19-11-7-9-13-24-20-25-21-26(46)14-15-27(25)31-29(37)22-32(2)28(30(24)31)16-18-33(32,3)47/h14-15,21,23-24,28-31,45-47H,4-13,16-20,22H2,1-3H3/t23?,24-,28+,29+,30+,31+,32+,33+/m1/s1. The molecule has 11 heteroatoms. The van der Waals surface area contributed by atoms with Gasteiger partial charge in [0, 0.05) is 23.8 Å². The van der Waals surface area contributed by atoms with Crippen LogP contribution in [0.5, 0.6) is 5.75 Å². The number of benzene rings is 1. The van der Waals surface area contributed by atoms with E-state index in [1.807, 2.05) is 13.0 Å². The number of unbranched alkanes of at least 4 members (excludes halogenated alkanes) is 6. The normalized spacial score (nSPS) is 31.7. The van der Waals surface area contributed by atoms with E-state index in [0.29, 0.717) is 25.7 Å². The average Bonchev–Trinajstić information content (AvgIpc) is 3.20. The van der Waals surface area contributed by atoms with E-state index < -0.39 is 48.1 Å². The summed E-state index contributed by atoms with van der Waals surface area (Å²) in [5.74, 6) is -10.4. The van der Waals surface area contributed by atoms with Crippen molar-refractivity contribution in [3.05, 3.63) is 29.3 Å². The van der Waals surface area contributed by atoms with E-state index in [-0.39, 0.29) is 41.9 Å². The number of phenolic OH excluding ortho intramolecular Hbond substituents is 1. The molecule has 1 unspecified atom stereocenters. The highest BCUT2D eigenvalue weighted by Crippen LogP contribution is 2.66. The van der Waals surface area contributed by atoms with Crippen molar-refractivity contribution in [1.82, 2.24) is 5.32 Å². The van der Waals surface area contributed by atoms with Gasteiger partial charge in [-0.15, -0.1) is 0 Å². The highest BCUT2D eigenvalue weighted by molar-refractivity contribution is 5.41. The maximum atomic E-state index is 16.1. The third-order valence-corrected chi connectivity index (χ3v) is 12.1. The van der Waals surface area contributed by atoms with Crippen LogP contribution in [0.3, 0.4) is 0 Å². The number of aromatic hydroxyl groups is 1. The van der Waals surface area contributed by atoms with Crippen LogP contribution in [0.1, 0.15) is 128 Å². The zero-order valence-electron chi connectivity index (χ0n) is 27.9. The molecule has 2 saturated carbocycles. The van der Waals surface area contributed by atoms with Crippen molar-refractivity contribution in [2.45, 2.75) is 159 Å². The fourth-order valence-corrected chi connectivity index (χ4v) is 9.13. The number of fused-ring (bicyclic) bond motifs is 5. The SMILES string of the molecule is CC(CCCCCCCC(F)(F)C(F)(F)C(F)(F)F)NCCCCC[C@@H]1Cc2cc(O)ccc2[C@@H]2[C@@H]1[C@@H]1CC[C@](C)(O)[C@@]1(C)C[C@@H]2F. The molecule has 0 aliphatic heterocycles. The Morgan fingerprint density at radius 3 is 2.30 bits per heavy atom. The van der Waals surface area contributed by atoms with E-state index in [1.54, 1.807) is 12.1 Å². The van der Waals surface area contributed by atoms with Crippen LogP contribution in [0.15, 0.2) is 18.2 Å².